The van der Waals surface area contributed by atoms with Crippen LogP contribution in [0.2, 0.25) is 0 Å². The Morgan fingerprint density at radius 2 is 2.24 bits per heavy atom. The maximum Gasteiger partial charge on any atom is 0.357 e. The molecule has 3 rings (SSSR count). The van der Waals surface area contributed by atoms with Crippen molar-refractivity contribution in [3.8, 4) is 11.5 Å². The molecule has 0 spiro atoms. The van der Waals surface area contributed by atoms with Crippen molar-refractivity contribution < 1.29 is 14.3 Å². The summed E-state index contributed by atoms with van der Waals surface area (Å²) < 4.78 is 5.18. The molecule has 0 bridgehead atoms. The van der Waals surface area contributed by atoms with Crippen LogP contribution in [0.5, 0.6) is 0 Å². The van der Waals surface area contributed by atoms with Crippen LogP contribution in [-0.4, -0.2) is 16.1 Å². The minimum atomic E-state index is -1.07. The molecular formula is C13H11NO3. The van der Waals surface area contributed by atoms with Crippen LogP contribution >= 0.6 is 0 Å². The fraction of sp³-hybridized carbons (Fsp3) is 0.231. The fourth-order valence-electron chi connectivity index (χ4n) is 1.85. The van der Waals surface area contributed by atoms with Crippen LogP contribution in [0.1, 0.15) is 34.8 Å². The smallest absolute Gasteiger partial charge is 0.357 e. The molecule has 0 saturated heterocycles. The van der Waals surface area contributed by atoms with Crippen LogP contribution < -0.4 is 0 Å². The van der Waals surface area contributed by atoms with Crippen molar-refractivity contribution in [2.24, 2.45) is 0 Å². The van der Waals surface area contributed by atoms with Gasteiger partial charge in [-0.05, 0) is 36.5 Å². The number of aromatic carboxylic acids is 1. The molecule has 0 atom stereocenters. The number of benzene rings is 1. The predicted molar refractivity (Wildman–Crippen MR) is 60.9 cm³/mol. The van der Waals surface area contributed by atoms with E-state index in [1.807, 2.05) is 18.2 Å². The van der Waals surface area contributed by atoms with Crippen molar-refractivity contribution in [2.45, 2.75) is 18.8 Å². The molecule has 1 N–H and O–H groups in total. The fourth-order valence-corrected chi connectivity index (χ4v) is 1.85. The van der Waals surface area contributed by atoms with E-state index < -0.39 is 5.97 Å². The molecule has 4 heteroatoms. The van der Waals surface area contributed by atoms with Crippen LogP contribution in [0.15, 0.2) is 34.9 Å². The number of oxazole rings is 1. The maximum atomic E-state index is 10.7. The minimum absolute atomic E-state index is 0.0585. The van der Waals surface area contributed by atoms with Gasteiger partial charge in [0.15, 0.2) is 5.69 Å². The lowest BCUT2D eigenvalue weighted by Gasteiger charge is -2.00. The highest BCUT2D eigenvalue weighted by Gasteiger charge is 2.24. The van der Waals surface area contributed by atoms with Crippen molar-refractivity contribution in [3.63, 3.8) is 0 Å². The van der Waals surface area contributed by atoms with E-state index in [1.165, 1.54) is 24.7 Å². The minimum Gasteiger partial charge on any atom is -0.476 e. The highest BCUT2D eigenvalue weighted by molar-refractivity contribution is 5.85. The number of nitrogens with zero attached hydrogens (tertiary/aromatic N) is 1. The first kappa shape index (κ1) is 10.1. The average molecular weight is 229 g/mol. The standard InChI is InChI=1S/C13H11NO3/c15-13(16)11-7-17-12(14-11)10-3-1-2-9(6-10)8-4-5-8/h1-3,6-8H,4-5H2,(H,15,16). The summed E-state index contributed by atoms with van der Waals surface area (Å²) in [6.45, 7) is 0. The lowest BCUT2D eigenvalue weighted by Crippen LogP contribution is -1.95. The van der Waals surface area contributed by atoms with Gasteiger partial charge in [-0.1, -0.05) is 12.1 Å². The van der Waals surface area contributed by atoms with Gasteiger partial charge in [-0.15, -0.1) is 0 Å². The van der Waals surface area contributed by atoms with Crippen LogP contribution in [0.3, 0.4) is 0 Å². The number of carbonyl (C=O) groups is 1. The number of hydrogen-bond donors (Lipinski definition) is 1. The maximum absolute atomic E-state index is 10.7. The first-order valence-corrected chi connectivity index (χ1v) is 5.53. The third-order valence-corrected chi connectivity index (χ3v) is 2.91. The van der Waals surface area contributed by atoms with E-state index in [2.05, 4.69) is 11.1 Å². The summed E-state index contributed by atoms with van der Waals surface area (Å²) >= 11 is 0. The highest BCUT2D eigenvalue weighted by atomic mass is 16.4. The summed E-state index contributed by atoms with van der Waals surface area (Å²) in [6, 6.07) is 7.94. The Bertz CT molecular complexity index is 570. The zero-order valence-electron chi connectivity index (χ0n) is 9.09. The lowest BCUT2D eigenvalue weighted by atomic mass is 10.1. The monoisotopic (exact) mass is 229 g/mol. The summed E-state index contributed by atoms with van der Waals surface area (Å²) in [5.74, 6) is -0.0490. The number of carboxylic acid groups (broad SMARTS) is 1. The predicted octanol–water partition coefficient (Wildman–Crippen LogP) is 2.92. The van der Waals surface area contributed by atoms with Gasteiger partial charge in [-0.25, -0.2) is 9.78 Å². The Hall–Kier alpha value is -2.10. The van der Waals surface area contributed by atoms with Gasteiger partial charge in [0, 0.05) is 5.56 Å². The SMILES string of the molecule is O=C(O)c1coc(-c2cccc(C3CC3)c2)n1. The van der Waals surface area contributed by atoms with Gasteiger partial charge < -0.3 is 9.52 Å². The molecule has 1 aliphatic carbocycles. The summed E-state index contributed by atoms with van der Waals surface area (Å²) in [4.78, 5) is 14.6. The van der Waals surface area contributed by atoms with Crippen LogP contribution in [0.4, 0.5) is 0 Å². The molecule has 1 aromatic carbocycles. The molecule has 1 fully saturated rings. The van der Waals surface area contributed by atoms with Gasteiger partial charge >= 0.3 is 5.97 Å². The van der Waals surface area contributed by atoms with Gasteiger partial charge in [0.2, 0.25) is 5.89 Å². The zero-order chi connectivity index (χ0) is 11.8. The van der Waals surface area contributed by atoms with E-state index in [9.17, 15) is 4.79 Å². The Morgan fingerprint density at radius 3 is 2.88 bits per heavy atom. The second-order valence-corrected chi connectivity index (χ2v) is 4.24. The summed E-state index contributed by atoms with van der Waals surface area (Å²) in [5, 5.41) is 8.78. The lowest BCUT2D eigenvalue weighted by molar-refractivity contribution is 0.0690. The Labute approximate surface area is 97.9 Å². The second kappa shape index (κ2) is 3.73. The van der Waals surface area contributed by atoms with Crippen LogP contribution in [0, 0.1) is 0 Å². The molecule has 17 heavy (non-hydrogen) atoms. The first-order chi connectivity index (χ1) is 8.24. The third-order valence-electron chi connectivity index (χ3n) is 2.91. The second-order valence-electron chi connectivity index (χ2n) is 4.24. The van der Waals surface area contributed by atoms with E-state index in [0.717, 1.165) is 5.56 Å². The van der Waals surface area contributed by atoms with Gasteiger partial charge in [0.05, 0.1) is 0 Å². The molecule has 0 amide bonds. The molecule has 2 aromatic rings. The molecule has 86 valence electrons. The Kier molecular flexibility index (Phi) is 2.21. The number of rotatable bonds is 3. The van der Waals surface area contributed by atoms with E-state index in [-0.39, 0.29) is 5.69 Å². The van der Waals surface area contributed by atoms with Crippen LogP contribution in [-0.2, 0) is 0 Å². The average Bonchev–Trinajstić information content (AvgIpc) is 3.06. The van der Waals surface area contributed by atoms with Gasteiger partial charge in [0.1, 0.15) is 6.26 Å². The first-order valence-electron chi connectivity index (χ1n) is 5.53. The molecule has 4 nitrogen and oxygen atoms in total. The molecule has 0 radical (unpaired) electrons. The van der Waals surface area contributed by atoms with Crippen molar-refractivity contribution in [1.29, 1.82) is 0 Å². The number of hydrogen-bond acceptors (Lipinski definition) is 3. The van der Waals surface area contributed by atoms with E-state index in [4.69, 9.17) is 9.52 Å². The number of carboxylic acids is 1. The molecule has 0 aliphatic heterocycles. The number of aromatic nitrogens is 1. The van der Waals surface area contributed by atoms with Crippen molar-refractivity contribution in [1.82, 2.24) is 4.98 Å². The molecule has 0 unspecified atom stereocenters. The Balaban J connectivity index is 1.96. The Morgan fingerprint density at radius 1 is 1.41 bits per heavy atom. The van der Waals surface area contributed by atoms with Crippen molar-refractivity contribution in [2.75, 3.05) is 0 Å². The van der Waals surface area contributed by atoms with Crippen LogP contribution in [0.25, 0.3) is 11.5 Å². The van der Waals surface area contributed by atoms with Crippen molar-refractivity contribution >= 4 is 5.97 Å². The highest BCUT2D eigenvalue weighted by Crippen LogP contribution is 2.40. The van der Waals surface area contributed by atoms with Gasteiger partial charge in [0.25, 0.3) is 0 Å². The van der Waals surface area contributed by atoms with Crippen molar-refractivity contribution in [3.05, 3.63) is 41.8 Å². The summed E-state index contributed by atoms with van der Waals surface area (Å²) in [6.07, 6.45) is 3.63. The molecule has 1 heterocycles. The summed E-state index contributed by atoms with van der Waals surface area (Å²) in [7, 11) is 0. The van der Waals surface area contributed by atoms with Gasteiger partial charge in [-0.3, -0.25) is 0 Å². The molecule has 1 saturated carbocycles. The largest absolute Gasteiger partial charge is 0.476 e. The van der Waals surface area contributed by atoms with Gasteiger partial charge in [-0.2, -0.15) is 0 Å². The van der Waals surface area contributed by atoms with E-state index in [0.29, 0.717) is 11.8 Å². The molecular weight excluding hydrogens is 218 g/mol. The summed E-state index contributed by atoms with van der Waals surface area (Å²) in [5.41, 5.74) is 2.05. The molecule has 1 aliphatic rings. The third kappa shape index (κ3) is 1.93. The zero-order valence-corrected chi connectivity index (χ0v) is 9.09. The topological polar surface area (TPSA) is 63.3 Å². The van der Waals surface area contributed by atoms with E-state index in [1.54, 1.807) is 0 Å². The van der Waals surface area contributed by atoms with E-state index >= 15 is 0 Å². The molecule has 1 aromatic heterocycles. The normalized spacial score (nSPS) is 14.8. The quantitative estimate of drug-likeness (QED) is 0.878.